The number of aromatic nitrogens is 2. The molecule has 2 fully saturated rings. The first-order chi connectivity index (χ1) is 9.10. The average molecular weight is 326 g/mol. The van der Waals surface area contributed by atoms with Gasteiger partial charge >= 0.3 is 0 Å². The minimum absolute atomic E-state index is 0.214. The molecule has 0 saturated carbocycles. The van der Waals surface area contributed by atoms with E-state index in [1.54, 1.807) is 0 Å². The van der Waals surface area contributed by atoms with Crippen LogP contribution in [0.15, 0.2) is 4.47 Å². The van der Waals surface area contributed by atoms with Crippen molar-refractivity contribution in [3.63, 3.8) is 0 Å². The fourth-order valence-electron chi connectivity index (χ4n) is 3.49. The van der Waals surface area contributed by atoms with Crippen LogP contribution in [-0.2, 0) is 24.7 Å². The van der Waals surface area contributed by atoms with Crippen LogP contribution in [0.3, 0.4) is 0 Å². The van der Waals surface area contributed by atoms with E-state index in [4.69, 9.17) is 0 Å². The van der Waals surface area contributed by atoms with Crippen molar-refractivity contribution in [2.24, 2.45) is 13.0 Å². The van der Waals surface area contributed by atoms with Crippen LogP contribution in [-0.4, -0.2) is 27.6 Å². The maximum absolute atomic E-state index is 12.5. The smallest absolute Gasteiger partial charge is 0.143 e. The highest BCUT2D eigenvalue weighted by Crippen LogP contribution is 2.35. The van der Waals surface area contributed by atoms with E-state index < -0.39 is 0 Å². The predicted molar refractivity (Wildman–Crippen MR) is 77.0 cm³/mol. The van der Waals surface area contributed by atoms with Gasteiger partial charge in [-0.15, -0.1) is 0 Å². The van der Waals surface area contributed by atoms with Crippen molar-refractivity contribution >= 4 is 21.7 Å². The number of carbonyl (C=O) groups excluding carboxylic acids is 1. The normalized spacial score (nSPS) is 29.1. The number of aryl methyl sites for hydroxylation is 2. The van der Waals surface area contributed by atoms with Crippen LogP contribution in [0.5, 0.6) is 0 Å². The zero-order chi connectivity index (χ0) is 13.6. The number of nitrogens with one attached hydrogen (secondary N) is 1. The zero-order valence-electron chi connectivity index (χ0n) is 11.4. The van der Waals surface area contributed by atoms with Crippen molar-refractivity contribution in [1.82, 2.24) is 15.1 Å². The average Bonchev–Trinajstić information content (AvgIpc) is 3.08. The molecule has 0 radical (unpaired) electrons. The van der Waals surface area contributed by atoms with E-state index in [0.717, 1.165) is 35.1 Å². The van der Waals surface area contributed by atoms with Gasteiger partial charge in [-0.05, 0) is 41.6 Å². The number of hydrogen-bond acceptors (Lipinski definition) is 3. The Labute approximate surface area is 122 Å². The molecule has 1 aromatic rings. The van der Waals surface area contributed by atoms with Crippen LogP contribution >= 0.6 is 15.9 Å². The number of fused-ring (bicyclic) bond motifs is 2. The molecule has 0 aromatic carbocycles. The molecule has 2 saturated heterocycles. The molecule has 104 valence electrons. The molecule has 1 N–H and O–H groups in total. The molecule has 0 aliphatic carbocycles. The molecule has 3 atom stereocenters. The summed E-state index contributed by atoms with van der Waals surface area (Å²) < 4.78 is 2.86. The van der Waals surface area contributed by atoms with Crippen LogP contribution in [0.25, 0.3) is 0 Å². The Morgan fingerprint density at radius 1 is 1.53 bits per heavy atom. The molecule has 3 heterocycles. The van der Waals surface area contributed by atoms with Crippen LogP contribution in [0.4, 0.5) is 0 Å². The van der Waals surface area contributed by atoms with Crippen molar-refractivity contribution in [3.8, 4) is 0 Å². The second-order valence-electron chi connectivity index (χ2n) is 5.72. The monoisotopic (exact) mass is 325 g/mol. The van der Waals surface area contributed by atoms with E-state index in [1.807, 2.05) is 11.7 Å². The number of Topliss-reactive ketones (excluding diaryl/α,β-unsaturated/α-hetero) is 1. The van der Waals surface area contributed by atoms with E-state index >= 15 is 0 Å². The molecular weight excluding hydrogens is 306 g/mol. The van der Waals surface area contributed by atoms with Gasteiger partial charge in [0, 0.05) is 31.5 Å². The standard InChI is InChI=1S/C14H20BrN3O/c1-3-10-14(15)12(18(2)17-10)7-13(19)9-6-8-4-5-11(9)16-8/h8-9,11,16H,3-7H2,1-2H3. The molecule has 0 amide bonds. The van der Waals surface area contributed by atoms with Crippen LogP contribution in [0.2, 0.25) is 0 Å². The Balaban J connectivity index is 1.75. The van der Waals surface area contributed by atoms with E-state index in [9.17, 15) is 4.79 Å². The molecular formula is C14H20BrN3O. The molecule has 3 rings (SSSR count). The highest BCUT2D eigenvalue weighted by atomic mass is 79.9. The Morgan fingerprint density at radius 2 is 2.32 bits per heavy atom. The molecule has 1 aromatic heterocycles. The number of ketones is 1. The summed E-state index contributed by atoms with van der Waals surface area (Å²) in [6, 6.07) is 1.01. The quantitative estimate of drug-likeness (QED) is 0.921. The number of carbonyl (C=O) groups is 1. The van der Waals surface area contributed by atoms with Gasteiger partial charge in [-0.1, -0.05) is 6.92 Å². The van der Waals surface area contributed by atoms with E-state index in [2.05, 4.69) is 33.3 Å². The van der Waals surface area contributed by atoms with E-state index in [1.165, 1.54) is 6.42 Å². The van der Waals surface area contributed by atoms with Gasteiger partial charge in [-0.25, -0.2) is 0 Å². The van der Waals surface area contributed by atoms with Crippen LogP contribution in [0, 0.1) is 5.92 Å². The lowest BCUT2D eigenvalue weighted by Crippen LogP contribution is -2.30. The Bertz CT molecular complexity index is 511. The Kier molecular flexibility index (Phi) is 3.52. The first-order valence-corrected chi connectivity index (χ1v) is 7.88. The molecule has 5 heteroatoms. The highest BCUT2D eigenvalue weighted by molar-refractivity contribution is 9.10. The molecule has 3 unspecified atom stereocenters. The summed E-state index contributed by atoms with van der Waals surface area (Å²) in [5.41, 5.74) is 2.06. The number of hydrogen-bond donors (Lipinski definition) is 1. The second-order valence-corrected chi connectivity index (χ2v) is 6.51. The Morgan fingerprint density at radius 3 is 2.84 bits per heavy atom. The van der Waals surface area contributed by atoms with Crippen molar-refractivity contribution in [3.05, 3.63) is 15.9 Å². The summed E-state index contributed by atoms with van der Waals surface area (Å²) in [6.45, 7) is 2.08. The molecule has 4 nitrogen and oxygen atoms in total. The molecule has 19 heavy (non-hydrogen) atoms. The van der Waals surface area contributed by atoms with Gasteiger partial charge in [-0.3, -0.25) is 9.48 Å². The summed E-state index contributed by atoms with van der Waals surface area (Å²) in [4.78, 5) is 12.5. The van der Waals surface area contributed by atoms with Gasteiger partial charge in [0.15, 0.2) is 0 Å². The molecule has 2 bridgehead atoms. The molecule has 2 aliphatic heterocycles. The van der Waals surface area contributed by atoms with Gasteiger partial charge in [-0.2, -0.15) is 5.10 Å². The number of nitrogens with zero attached hydrogens (tertiary/aromatic N) is 2. The largest absolute Gasteiger partial charge is 0.310 e. The fourth-order valence-corrected chi connectivity index (χ4v) is 4.24. The third kappa shape index (κ3) is 2.27. The van der Waals surface area contributed by atoms with Crippen LogP contribution < -0.4 is 5.32 Å². The van der Waals surface area contributed by atoms with Crippen molar-refractivity contribution < 1.29 is 4.79 Å². The first-order valence-electron chi connectivity index (χ1n) is 7.09. The summed E-state index contributed by atoms with van der Waals surface area (Å²) in [7, 11) is 1.92. The fraction of sp³-hybridized carbons (Fsp3) is 0.714. The summed E-state index contributed by atoms with van der Waals surface area (Å²) >= 11 is 3.59. The van der Waals surface area contributed by atoms with Gasteiger partial charge in [0.05, 0.1) is 15.9 Å². The lowest BCUT2D eigenvalue weighted by Gasteiger charge is -2.18. The van der Waals surface area contributed by atoms with Gasteiger partial charge in [0.25, 0.3) is 0 Å². The highest BCUT2D eigenvalue weighted by Gasteiger charge is 2.42. The molecule has 2 aliphatic rings. The number of halogens is 1. The van der Waals surface area contributed by atoms with Crippen LogP contribution in [0.1, 0.15) is 37.6 Å². The summed E-state index contributed by atoms with van der Waals surface area (Å²) in [6.07, 6.45) is 4.81. The van der Waals surface area contributed by atoms with E-state index in [-0.39, 0.29) is 5.92 Å². The molecule has 0 spiro atoms. The van der Waals surface area contributed by atoms with E-state index in [0.29, 0.717) is 24.3 Å². The number of rotatable bonds is 4. The van der Waals surface area contributed by atoms with Gasteiger partial charge in [0.1, 0.15) is 5.78 Å². The topological polar surface area (TPSA) is 46.9 Å². The van der Waals surface area contributed by atoms with Gasteiger partial charge in [0.2, 0.25) is 0 Å². The third-order valence-electron chi connectivity index (χ3n) is 4.56. The third-order valence-corrected chi connectivity index (χ3v) is 5.47. The SMILES string of the molecule is CCc1nn(C)c(CC(=O)C2CC3CCC2N3)c1Br. The summed E-state index contributed by atoms with van der Waals surface area (Å²) in [5.74, 6) is 0.580. The maximum Gasteiger partial charge on any atom is 0.143 e. The first kappa shape index (κ1) is 13.3. The Hall–Kier alpha value is -0.680. The second kappa shape index (κ2) is 5.02. The zero-order valence-corrected chi connectivity index (χ0v) is 13.0. The minimum atomic E-state index is 0.214. The van der Waals surface area contributed by atoms with Crippen molar-refractivity contribution in [1.29, 1.82) is 0 Å². The van der Waals surface area contributed by atoms with Crippen molar-refractivity contribution in [2.45, 2.75) is 51.1 Å². The lowest BCUT2D eigenvalue weighted by atomic mass is 9.84. The van der Waals surface area contributed by atoms with Gasteiger partial charge < -0.3 is 5.32 Å². The van der Waals surface area contributed by atoms with Crippen molar-refractivity contribution in [2.75, 3.05) is 0 Å². The minimum Gasteiger partial charge on any atom is -0.310 e. The maximum atomic E-state index is 12.5. The summed E-state index contributed by atoms with van der Waals surface area (Å²) in [5, 5.41) is 7.99. The lowest BCUT2D eigenvalue weighted by molar-refractivity contribution is -0.122. The predicted octanol–water partition coefficient (Wildman–Crippen LogP) is 2.00.